The van der Waals surface area contributed by atoms with Gasteiger partial charge >= 0.3 is 0 Å². The van der Waals surface area contributed by atoms with Crippen molar-refractivity contribution in [2.45, 2.75) is 38.4 Å². The Balaban J connectivity index is 1.73. The third kappa shape index (κ3) is 4.03. The number of anilines is 2. The van der Waals surface area contributed by atoms with Gasteiger partial charge in [-0.25, -0.2) is 0 Å². The van der Waals surface area contributed by atoms with E-state index in [9.17, 15) is 5.11 Å². The van der Waals surface area contributed by atoms with Gasteiger partial charge in [-0.15, -0.1) is 0 Å². The van der Waals surface area contributed by atoms with Crippen molar-refractivity contribution in [2.24, 2.45) is 0 Å². The molecule has 0 bridgehead atoms. The fourth-order valence-corrected chi connectivity index (χ4v) is 5.81. The second-order valence-electron chi connectivity index (χ2n) is 9.56. The van der Waals surface area contributed by atoms with Gasteiger partial charge in [-0.2, -0.15) is 0 Å². The Kier molecular flexibility index (Phi) is 5.94. The van der Waals surface area contributed by atoms with Gasteiger partial charge in [-0.05, 0) is 86.6 Å². The topological polar surface area (TPSA) is 51.6 Å². The third-order valence-electron chi connectivity index (χ3n) is 6.95. The summed E-state index contributed by atoms with van der Waals surface area (Å²) in [5.41, 5.74) is 5.45. The van der Waals surface area contributed by atoms with Gasteiger partial charge in [0.15, 0.2) is 5.11 Å². The number of phenols is 1. The van der Waals surface area contributed by atoms with Crippen LogP contribution in [0.2, 0.25) is 10.0 Å². The molecule has 0 aliphatic carbocycles. The molecule has 5 rings (SSSR count). The number of hydrogen-bond donors (Lipinski definition) is 2. The SMILES string of the molecule is CC1=CC(C)(C)N(C)c2cc(Cl)c(C3C(c4ccccn4)NC(=S)N3c3cc(Cl)ccc3O)cc21. The van der Waals surface area contributed by atoms with Crippen LogP contribution in [0.1, 0.15) is 49.7 Å². The largest absolute Gasteiger partial charge is 0.506 e. The highest BCUT2D eigenvalue weighted by molar-refractivity contribution is 7.80. The minimum absolute atomic E-state index is 0.0804. The van der Waals surface area contributed by atoms with E-state index in [2.05, 4.69) is 55.2 Å². The minimum atomic E-state index is -0.368. The Labute approximate surface area is 221 Å². The lowest BCUT2D eigenvalue weighted by atomic mass is 9.86. The molecule has 2 N–H and O–H groups in total. The Bertz CT molecular complexity index is 1360. The summed E-state index contributed by atoms with van der Waals surface area (Å²) in [5, 5.41) is 15.8. The molecular formula is C27H26Cl2N4OS. The van der Waals surface area contributed by atoms with E-state index in [1.54, 1.807) is 24.4 Å². The zero-order valence-corrected chi connectivity index (χ0v) is 22.2. The molecule has 180 valence electrons. The zero-order chi connectivity index (χ0) is 25.1. The minimum Gasteiger partial charge on any atom is -0.506 e. The molecule has 0 saturated carbocycles. The number of aromatic hydroxyl groups is 1. The highest BCUT2D eigenvalue weighted by atomic mass is 35.5. The maximum absolute atomic E-state index is 10.8. The van der Waals surface area contributed by atoms with Crippen LogP contribution in [0.15, 0.2) is 60.8 Å². The van der Waals surface area contributed by atoms with Crippen LogP contribution >= 0.6 is 35.4 Å². The van der Waals surface area contributed by atoms with Crippen LogP contribution in [0.5, 0.6) is 5.75 Å². The lowest BCUT2D eigenvalue weighted by Gasteiger charge is -2.41. The van der Waals surface area contributed by atoms with Crippen molar-refractivity contribution in [3.05, 3.63) is 87.7 Å². The third-order valence-corrected chi connectivity index (χ3v) is 7.83. The van der Waals surface area contributed by atoms with Crippen molar-refractivity contribution in [3.8, 4) is 5.75 Å². The second kappa shape index (κ2) is 8.70. The second-order valence-corrected chi connectivity index (χ2v) is 10.8. The molecule has 5 nitrogen and oxygen atoms in total. The number of phenolic OH excluding ortho intramolecular Hbond substituents is 1. The van der Waals surface area contributed by atoms with Gasteiger partial charge in [0.1, 0.15) is 5.75 Å². The summed E-state index contributed by atoms with van der Waals surface area (Å²) in [6, 6.07) is 14.2. The van der Waals surface area contributed by atoms with E-state index in [1.165, 1.54) is 5.57 Å². The maximum atomic E-state index is 10.8. The van der Waals surface area contributed by atoms with Crippen LogP contribution in [-0.2, 0) is 0 Å². The smallest absolute Gasteiger partial charge is 0.174 e. The van der Waals surface area contributed by atoms with E-state index < -0.39 is 0 Å². The number of halogens is 2. The lowest BCUT2D eigenvalue weighted by molar-refractivity contribution is 0.473. The van der Waals surface area contributed by atoms with Crippen molar-refractivity contribution in [1.82, 2.24) is 10.3 Å². The molecule has 0 amide bonds. The molecule has 3 aromatic rings. The summed E-state index contributed by atoms with van der Waals surface area (Å²) >= 11 is 19.1. The van der Waals surface area contributed by atoms with Crippen LogP contribution in [0.3, 0.4) is 0 Å². The average molecular weight is 526 g/mol. The lowest BCUT2D eigenvalue weighted by Crippen LogP contribution is -2.42. The molecule has 2 aromatic carbocycles. The summed E-state index contributed by atoms with van der Waals surface area (Å²) in [6.45, 7) is 6.49. The van der Waals surface area contributed by atoms with Crippen molar-refractivity contribution >= 4 is 57.5 Å². The highest BCUT2D eigenvalue weighted by Crippen LogP contribution is 2.49. The van der Waals surface area contributed by atoms with Crippen molar-refractivity contribution < 1.29 is 5.11 Å². The number of fused-ring (bicyclic) bond motifs is 1. The first-order valence-electron chi connectivity index (χ1n) is 11.3. The van der Waals surface area contributed by atoms with E-state index in [1.807, 2.05) is 29.2 Å². The molecule has 2 aliphatic heterocycles. The maximum Gasteiger partial charge on any atom is 0.174 e. The summed E-state index contributed by atoms with van der Waals surface area (Å²) in [7, 11) is 2.08. The summed E-state index contributed by atoms with van der Waals surface area (Å²) in [5.74, 6) is 0.0804. The Morgan fingerprint density at radius 1 is 1.09 bits per heavy atom. The summed E-state index contributed by atoms with van der Waals surface area (Å²) < 4.78 is 0. The number of allylic oxidation sites excluding steroid dienone is 1. The number of pyridine rings is 1. The van der Waals surface area contributed by atoms with E-state index in [4.69, 9.17) is 35.4 Å². The molecule has 0 spiro atoms. The zero-order valence-electron chi connectivity index (χ0n) is 19.9. The van der Waals surface area contributed by atoms with Gasteiger partial charge in [-0.3, -0.25) is 4.98 Å². The number of nitrogens with zero attached hydrogens (tertiary/aromatic N) is 3. The molecule has 8 heteroatoms. The van der Waals surface area contributed by atoms with E-state index in [0.717, 1.165) is 22.5 Å². The monoisotopic (exact) mass is 524 g/mol. The van der Waals surface area contributed by atoms with Gasteiger partial charge < -0.3 is 20.2 Å². The molecule has 2 atom stereocenters. The number of thiocarbonyl (C=S) groups is 1. The average Bonchev–Trinajstić information content (AvgIpc) is 3.16. The first kappa shape index (κ1) is 23.9. The van der Waals surface area contributed by atoms with Crippen LogP contribution in [0.4, 0.5) is 11.4 Å². The van der Waals surface area contributed by atoms with Gasteiger partial charge in [-0.1, -0.05) is 35.3 Å². The molecule has 1 saturated heterocycles. The predicted octanol–water partition coefficient (Wildman–Crippen LogP) is 6.90. The van der Waals surface area contributed by atoms with Crippen LogP contribution < -0.4 is 15.1 Å². The standard InChI is InChI=1S/C27H26Cl2N4OS/c1-15-14-27(2,3)32(4)21-13-19(29)18(12-17(15)21)25-24(20-7-5-6-10-30-20)31-26(35)33(25)22-11-16(28)8-9-23(22)34/h5-14,24-25,34H,1-4H3,(H,31,35). The Hall–Kier alpha value is -2.80. The molecular weight excluding hydrogens is 499 g/mol. The number of nitrogens with one attached hydrogen (secondary N) is 1. The Morgan fingerprint density at radius 2 is 1.86 bits per heavy atom. The molecule has 0 radical (unpaired) electrons. The fraction of sp³-hybridized carbons (Fsp3) is 0.259. The van der Waals surface area contributed by atoms with Crippen molar-refractivity contribution in [1.29, 1.82) is 0 Å². The van der Waals surface area contributed by atoms with Gasteiger partial charge in [0, 0.05) is 34.5 Å². The van der Waals surface area contributed by atoms with Crippen molar-refractivity contribution in [3.63, 3.8) is 0 Å². The van der Waals surface area contributed by atoms with Gasteiger partial charge in [0.2, 0.25) is 0 Å². The molecule has 2 aliphatic rings. The van der Waals surface area contributed by atoms with Crippen LogP contribution in [0, 0.1) is 0 Å². The highest BCUT2D eigenvalue weighted by Gasteiger charge is 2.43. The first-order valence-corrected chi connectivity index (χ1v) is 12.5. The molecule has 1 fully saturated rings. The number of hydrogen-bond acceptors (Lipinski definition) is 4. The first-order chi connectivity index (χ1) is 16.6. The van der Waals surface area contributed by atoms with E-state index in [0.29, 0.717) is 20.8 Å². The number of rotatable bonds is 3. The van der Waals surface area contributed by atoms with Crippen LogP contribution in [-0.4, -0.2) is 27.8 Å². The summed E-state index contributed by atoms with van der Waals surface area (Å²) in [6.07, 6.45) is 4.02. The van der Waals surface area contributed by atoms with Crippen LogP contribution in [0.25, 0.3) is 5.57 Å². The predicted molar refractivity (Wildman–Crippen MR) is 149 cm³/mol. The number of likely N-dealkylation sites (N-methyl/N-ethyl adjacent to an activating group) is 1. The normalized spacial score (nSPS) is 21.0. The van der Waals surface area contributed by atoms with Gasteiger partial charge in [0.25, 0.3) is 0 Å². The van der Waals surface area contributed by atoms with E-state index in [-0.39, 0.29) is 23.4 Å². The van der Waals surface area contributed by atoms with E-state index >= 15 is 0 Å². The summed E-state index contributed by atoms with van der Waals surface area (Å²) in [4.78, 5) is 8.73. The number of aromatic nitrogens is 1. The fourth-order valence-electron chi connectivity index (χ4n) is 5.03. The number of benzene rings is 2. The molecule has 3 heterocycles. The molecule has 35 heavy (non-hydrogen) atoms. The Morgan fingerprint density at radius 3 is 2.57 bits per heavy atom. The quantitative estimate of drug-likeness (QED) is 0.363. The van der Waals surface area contributed by atoms with Crippen molar-refractivity contribution in [2.75, 3.05) is 16.8 Å². The molecule has 1 aromatic heterocycles. The molecule has 2 unspecified atom stereocenters. The van der Waals surface area contributed by atoms with Gasteiger partial charge in [0.05, 0.1) is 29.0 Å².